The highest BCUT2D eigenvalue weighted by molar-refractivity contribution is 6.31. The van der Waals surface area contributed by atoms with Crippen molar-refractivity contribution in [2.75, 3.05) is 11.9 Å². The Balaban J connectivity index is 2.52. The molecule has 70 valence electrons. The lowest BCUT2D eigenvalue weighted by Gasteiger charge is -2.21. The van der Waals surface area contributed by atoms with Gasteiger partial charge < -0.3 is 10.4 Å². The molecular weight excluding hydrogens is 186 g/mol. The molecule has 0 amide bonds. The Morgan fingerprint density at radius 2 is 2.31 bits per heavy atom. The molecule has 0 radical (unpaired) electrons. The second-order valence-electron chi connectivity index (χ2n) is 3.25. The molecule has 1 aliphatic heterocycles. The van der Waals surface area contributed by atoms with Crippen LogP contribution in [0.4, 0.5) is 5.69 Å². The second-order valence-corrected chi connectivity index (χ2v) is 3.66. The van der Waals surface area contributed by atoms with E-state index in [1.165, 1.54) is 0 Å². The topological polar surface area (TPSA) is 32.3 Å². The Hall–Kier alpha value is -0.730. The van der Waals surface area contributed by atoms with Gasteiger partial charge in [0.05, 0.1) is 6.61 Å². The molecule has 0 saturated carbocycles. The lowest BCUT2D eigenvalue weighted by Crippen LogP contribution is -2.14. The number of aliphatic hydroxyl groups excluding tert-OH is 1. The van der Waals surface area contributed by atoms with Crippen molar-refractivity contribution in [1.82, 2.24) is 0 Å². The van der Waals surface area contributed by atoms with Gasteiger partial charge in [-0.15, -0.1) is 0 Å². The van der Waals surface area contributed by atoms with E-state index in [4.69, 9.17) is 16.7 Å². The predicted molar refractivity (Wildman–Crippen MR) is 54.2 cm³/mol. The van der Waals surface area contributed by atoms with Crippen molar-refractivity contribution in [2.24, 2.45) is 0 Å². The number of hydrogen-bond acceptors (Lipinski definition) is 2. The Morgan fingerprint density at radius 3 is 3.08 bits per heavy atom. The predicted octanol–water partition coefficient (Wildman–Crippen LogP) is 2.19. The normalized spacial score (nSPS) is 14.9. The molecule has 1 heterocycles. The third kappa shape index (κ3) is 1.52. The zero-order valence-electron chi connectivity index (χ0n) is 7.31. The maximum atomic E-state index is 9.10. The van der Waals surface area contributed by atoms with Gasteiger partial charge in [0.1, 0.15) is 0 Å². The SMILES string of the molecule is OCc1ccc(Cl)c2c1NCCC2. The quantitative estimate of drug-likeness (QED) is 0.724. The standard InChI is InChI=1S/C10H12ClNO/c11-9-4-3-7(6-13)10-8(9)2-1-5-12-10/h3-4,12-13H,1-2,5-6H2. The molecule has 3 heteroatoms. The van der Waals surface area contributed by atoms with Crippen molar-refractivity contribution in [2.45, 2.75) is 19.4 Å². The van der Waals surface area contributed by atoms with Crippen LogP contribution in [-0.4, -0.2) is 11.7 Å². The van der Waals surface area contributed by atoms with Crippen molar-refractivity contribution >= 4 is 17.3 Å². The van der Waals surface area contributed by atoms with Gasteiger partial charge in [0.15, 0.2) is 0 Å². The molecule has 0 aromatic heterocycles. The molecule has 0 bridgehead atoms. The van der Waals surface area contributed by atoms with Crippen molar-refractivity contribution in [3.63, 3.8) is 0 Å². The fraction of sp³-hybridized carbons (Fsp3) is 0.400. The van der Waals surface area contributed by atoms with Crippen molar-refractivity contribution < 1.29 is 5.11 Å². The minimum atomic E-state index is 0.0759. The summed E-state index contributed by atoms with van der Waals surface area (Å²) in [5, 5.41) is 13.2. The van der Waals surface area contributed by atoms with Gasteiger partial charge in [-0.2, -0.15) is 0 Å². The fourth-order valence-electron chi connectivity index (χ4n) is 1.75. The van der Waals surface area contributed by atoms with E-state index in [0.29, 0.717) is 0 Å². The number of hydrogen-bond donors (Lipinski definition) is 2. The highest BCUT2D eigenvalue weighted by atomic mass is 35.5. The summed E-state index contributed by atoms with van der Waals surface area (Å²) in [6.45, 7) is 1.05. The van der Waals surface area contributed by atoms with Crippen LogP contribution < -0.4 is 5.32 Å². The summed E-state index contributed by atoms with van der Waals surface area (Å²) in [6.07, 6.45) is 2.12. The second kappa shape index (κ2) is 3.56. The van der Waals surface area contributed by atoms with Gasteiger partial charge in [0, 0.05) is 22.8 Å². The molecule has 2 nitrogen and oxygen atoms in total. The summed E-state index contributed by atoms with van der Waals surface area (Å²) >= 11 is 6.05. The molecule has 1 aliphatic rings. The van der Waals surface area contributed by atoms with E-state index >= 15 is 0 Å². The number of nitrogens with one attached hydrogen (secondary N) is 1. The molecule has 2 N–H and O–H groups in total. The van der Waals surface area contributed by atoms with Gasteiger partial charge in [-0.1, -0.05) is 17.7 Å². The van der Waals surface area contributed by atoms with E-state index in [1.807, 2.05) is 12.1 Å². The first-order chi connectivity index (χ1) is 6.33. The summed E-state index contributed by atoms with van der Waals surface area (Å²) < 4.78 is 0. The highest BCUT2D eigenvalue weighted by Crippen LogP contribution is 2.32. The molecule has 0 unspecified atom stereocenters. The summed E-state index contributed by atoms with van der Waals surface area (Å²) in [7, 11) is 0. The van der Waals surface area contributed by atoms with Crippen LogP contribution in [0.15, 0.2) is 12.1 Å². The van der Waals surface area contributed by atoms with Crippen LogP contribution in [0.5, 0.6) is 0 Å². The van der Waals surface area contributed by atoms with Gasteiger partial charge in [-0.3, -0.25) is 0 Å². The number of rotatable bonds is 1. The van der Waals surface area contributed by atoms with E-state index in [0.717, 1.165) is 41.2 Å². The van der Waals surface area contributed by atoms with Crippen LogP contribution in [0.3, 0.4) is 0 Å². The average molecular weight is 198 g/mol. The van der Waals surface area contributed by atoms with Gasteiger partial charge in [0.25, 0.3) is 0 Å². The molecule has 0 atom stereocenters. The average Bonchev–Trinajstić information content (AvgIpc) is 2.19. The molecule has 0 saturated heterocycles. The van der Waals surface area contributed by atoms with Crippen molar-refractivity contribution in [1.29, 1.82) is 0 Å². The third-order valence-corrected chi connectivity index (χ3v) is 2.77. The van der Waals surface area contributed by atoms with Crippen LogP contribution in [-0.2, 0) is 13.0 Å². The lowest BCUT2D eigenvalue weighted by atomic mass is 10.00. The molecule has 0 fully saturated rings. The van der Waals surface area contributed by atoms with E-state index < -0.39 is 0 Å². The zero-order chi connectivity index (χ0) is 9.26. The van der Waals surface area contributed by atoms with Crippen molar-refractivity contribution in [3.05, 3.63) is 28.3 Å². The minimum Gasteiger partial charge on any atom is -0.392 e. The van der Waals surface area contributed by atoms with E-state index in [-0.39, 0.29) is 6.61 Å². The van der Waals surface area contributed by atoms with Gasteiger partial charge >= 0.3 is 0 Å². The molecule has 1 aromatic rings. The summed E-state index contributed by atoms with van der Waals surface area (Å²) in [5.41, 5.74) is 3.14. The number of halogens is 1. The summed E-state index contributed by atoms with van der Waals surface area (Å²) in [6, 6.07) is 3.73. The van der Waals surface area contributed by atoms with E-state index in [2.05, 4.69) is 5.32 Å². The monoisotopic (exact) mass is 197 g/mol. The first-order valence-corrected chi connectivity index (χ1v) is 4.85. The number of fused-ring (bicyclic) bond motifs is 1. The van der Waals surface area contributed by atoms with Crippen LogP contribution in [0.1, 0.15) is 17.5 Å². The van der Waals surface area contributed by atoms with Crippen LogP contribution in [0.2, 0.25) is 5.02 Å². The summed E-state index contributed by atoms with van der Waals surface area (Å²) in [4.78, 5) is 0. The molecule has 1 aromatic carbocycles. The number of benzene rings is 1. The maximum absolute atomic E-state index is 9.10. The van der Waals surface area contributed by atoms with Gasteiger partial charge in [0.2, 0.25) is 0 Å². The minimum absolute atomic E-state index is 0.0759. The molecule has 0 aliphatic carbocycles. The fourth-order valence-corrected chi connectivity index (χ4v) is 2.00. The largest absolute Gasteiger partial charge is 0.392 e. The highest BCUT2D eigenvalue weighted by Gasteiger charge is 2.14. The van der Waals surface area contributed by atoms with Crippen LogP contribution in [0, 0.1) is 0 Å². The lowest BCUT2D eigenvalue weighted by molar-refractivity contribution is 0.282. The molecule has 2 rings (SSSR count). The van der Waals surface area contributed by atoms with Crippen LogP contribution in [0.25, 0.3) is 0 Å². The zero-order valence-corrected chi connectivity index (χ0v) is 8.06. The Morgan fingerprint density at radius 1 is 1.46 bits per heavy atom. The van der Waals surface area contributed by atoms with E-state index in [1.54, 1.807) is 0 Å². The molecule has 13 heavy (non-hydrogen) atoms. The smallest absolute Gasteiger partial charge is 0.0702 e. The Bertz CT molecular complexity index is 325. The Labute approximate surface area is 82.5 Å². The van der Waals surface area contributed by atoms with Crippen LogP contribution >= 0.6 is 11.6 Å². The van der Waals surface area contributed by atoms with E-state index in [9.17, 15) is 0 Å². The van der Waals surface area contributed by atoms with Crippen molar-refractivity contribution in [3.8, 4) is 0 Å². The number of aliphatic hydroxyl groups is 1. The van der Waals surface area contributed by atoms with Gasteiger partial charge in [-0.25, -0.2) is 0 Å². The maximum Gasteiger partial charge on any atom is 0.0702 e. The Kier molecular flexibility index (Phi) is 2.42. The van der Waals surface area contributed by atoms with Gasteiger partial charge in [-0.05, 0) is 24.5 Å². The first kappa shape index (κ1) is 8.85. The first-order valence-electron chi connectivity index (χ1n) is 4.48. The number of anilines is 1. The molecular formula is C10H12ClNO. The summed E-state index contributed by atoms with van der Waals surface area (Å²) in [5.74, 6) is 0. The third-order valence-electron chi connectivity index (χ3n) is 2.42. The molecule has 0 spiro atoms.